The molecular formula is C14H19IN2OS. The van der Waals surface area contributed by atoms with E-state index in [9.17, 15) is 5.11 Å². The van der Waals surface area contributed by atoms with E-state index in [1.54, 1.807) is 11.3 Å². The summed E-state index contributed by atoms with van der Waals surface area (Å²) in [7, 11) is 0. The molecule has 1 N–H and O–H groups in total. The Bertz CT molecular complexity index is 446. The van der Waals surface area contributed by atoms with E-state index in [0.717, 1.165) is 46.3 Å². The first-order valence-corrected chi connectivity index (χ1v) is 9.29. The third-order valence-corrected chi connectivity index (χ3v) is 8.12. The minimum atomic E-state index is -0.591. The number of hydrogen-bond acceptors (Lipinski definition) is 4. The first kappa shape index (κ1) is 13.0. The van der Waals surface area contributed by atoms with Crippen molar-refractivity contribution in [2.75, 3.05) is 13.1 Å². The zero-order valence-electron chi connectivity index (χ0n) is 10.8. The maximum Gasteiger partial charge on any atom is 0.100 e. The number of nitrogens with zero attached hydrogens (tertiary/aromatic N) is 2. The van der Waals surface area contributed by atoms with Gasteiger partial charge in [0.05, 0.1) is 10.4 Å². The van der Waals surface area contributed by atoms with Gasteiger partial charge >= 0.3 is 0 Å². The molecule has 4 rings (SSSR count). The number of piperidine rings is 1. The lowest BCUT2D eigenvalue weighted by molar-refractivity contribution is -0.0206. The second-order valence-electron chi connectivity index (χ2n) is 6.35. The molecule has 0 amide bonds. The zero-order chi connectivity index (χ0) is 13.0. The van der Waals surface area contributed by atoms with Crippen molar-refractivity contribution in [2.45, 2.75) is 41.3 Å². The van der Waals surface area contributed by atoms with Crippen LogP contribution in [0.3, 0.4) is 0 Å². The van der Waals surface area contributed by atoms with Crippen molar-refractivity contribution in [3.8, 4) is 0 Å². The summed E-state index contributed by atoms with van der Waals surface area (Å²) in [6.45, 7) is 2.61. The van der Waals surface area contributed by atoms with Crippen molar-refractivity contribution in [1.29, 1.82) is 0 Å². The molecule has 3 fully saturated rings. The average Bonchev–Trinajstić information content (AvgIpc) is 2.93. The lowest BCUT2D eigenvalue weighted by atomic mass is 9.81. The molecule has 5 heteroatoms. The minimum absolute atomic E-state index is 0.591. The molecule has 2 saturated carbocycles. The van der Waals surface area contributed by atoms with Crippen molar-refractivity contribution in [3.63, 3.8) is 0 Å². The van der Waals surface area contributed by atoms with Crippen molar-refractivity contribution >= 4 is 33.9 Å². The van der Waals surface area contributed by atoms with E-state index in [-0.39, 0.29) is 0 Å². The van der Waals surface area contributed by atoms with Crippen LogP contribution in [0.5, 0.6) is 0 Å². The fraction of sp³-hybridized carbons (Fsp3) is 0.786. The SMILES string of the molecule is OC1(c2cncs2)CCC(N2C[C@@H]3C(I)[C@@H]3C2)CC1. The summed E-state index contributed by atoms with van der Waals surface area (Å²) in [5.74, 6) is 1.95. The Hall–Kier alpha value is 0.280. The number of aliphatic hydroxyl groups is 1. The first-order chi connectivity index (χ1) is 9.17. The highest BCUT2D eigenvalue weighted by atomic mass is 127. The predicted octanol–water partition coefficient (Wildman–Crippen LogP) is 2.64. The second-order valence-corrected chi connectivity index (χ2v) is 8.68. The summed E-state index contributed by atoms with van der Waals surface area (Å²) >= 11 is 4.21. The molecule has 3 nitrogen and oxygen atoms in total. The molecule has 1 unspecified atom stereocenters. The monoisotopic (exact) mass is 390 g/mol. The van der Waals surface area contributed by atoms with Crippen molar-refractivity contribution < 1.29 is 5.11 Å². The van der Waals surface area contributed by atoms with E-state index in [2.05, 4.69) is 32.5 Å². The number of alkyl halides is 1. The Morgan fingerprint density at radius 3 is 2.58 bits per heavy atom. The highest BCUT2D eigenvalue weighted by Gasteiger charge is 2.55. The molecule has 1 aromatic heterocycles. The molecule has 2 heterocycles. The maximum atomic E-state index is 10.7. The fourth-order valence-corrected chi connectivity index (χ4v) is 5.98. The zero-order valence-corrected chi connectivity index (χ0v) is 13.8. The molecule has 1 aliphatic heterocycles. The van der Waals surface area contributed by atoms with Crippen molar-refractivity contribution in [1.82, 2.24) is 9.88 Å². The Morgan fingerprint density at radius 1 is 1.32 bits per heavy atom. The number of hydrogen-bond donors (Lipinski definition) is 1. The second kappa shape index (κ2) is 4.64. The number of thiazole rings is 1. The summed E-state index contributed by atoms with van der Waals surface area (Å²) in [5.41, 5.74) is 1.24. The topological polar surface area (TPSA) is 36.4 Å². The van der Waals surface area contributed by atoms with E-state index in [4.69, 9.17) is 0 Å². The van der Waals surface area contributed by atoms with Crippen LogP contribution in [0.1, 0.15) is 30.6 Å². The lowest BCUT2D eigenvalue weighted by Gasteiger charge is -2.39. The summed E-state index contributed by atoms with van der Waals surface area (Å²) in [6, 6.07) is 0.713. The molecule has 0 spiro atoms. The van der Waals surface area contributed by atoms with Crippen molar-refractivity contribution in [2.24, 2.45) is 11.8 Å². The van der Waals surface area contributed by atoms with Gasteiger partial charge in [0.25, 0.3) is 0 Å². The smallest absolute Gasteiger partial charge is 0.100 e. The van der Waals surface area contributed by atoms with Gasteiger partial charge in [0.1, 0.15) is 5.60 Å². The molecule has 0 aromatic carbocycles. The van der Waals surface area contributed by atoms with Crippen LogP contribution in [-0.2, 0) is 5.60 Å². The predicted molar refractivity (Wildman–Crippen MR) is 84.6 cm³/mol. The molecule has 3 aliphatic rings. The Labute approximate surface area is 131 Å². The van der Waals surface area contributed by atoms with Crippen LogP contribution in [0.4, 0.5) is 0 Å². The molecular weight excluding hydrogens is 371 g/mol. The van der Waals surface area contributed by atoms with Gasteiger partial charge in [-0.15, -0.1) is 11.3 Å². The normalized spacial score (nSPS) is 46.2. The van der Waals surface area contributed by atoms with Gasteiger partial charge < -0.3 is 5.11 Å². The number of rotatable bonds is 2. The minimum Gasteiger partial charge on any atom is -0.384 e. The molecule has 2 aliphatic carbocycles. The van der Waals surface area contributed by atoms with Crippen LogP contribution in [0.25, 0.3) is 0 Å². The van der Waals surface area contributed by atoms with Gasteiger partial charge in [0.15, 0.2) is 0 Å². The number of halogens is 1. The molecule has 19 heavy (non-hydrogen) atoms. The third kappa shape index (κ3) is 2.17. The van der Waals surface area contributed by atoms with Crippen LogP contribution in [0.15, 0.2) is 11.7 Å². The van der Waals surface area contributed by atoms with Gasteiger partial charge in [-0.25, -0.2) is 0 Å². The standard InChI is InChI=1S/C14H19IN2OS/c15-13-10-6-17(7-11(10)13)9-1-3-14(18,4-2-9)12-5-16-8-19-12/h5,8-11,13,18H,1-4,6-7H2/t9?,10-,11+,13?,14?. The molecule has 0 bridgehead atoms. The van der Waals surface area contributed by atoms with Gasteiger partial charge in [0.2, 0.25) is 0 Å². The van der Waals surface area contributed by atoms with Crippen LogP contribution in [0.2, 0.25) is 0 Å². The van der Waals surface area contributed by atoms with Crippen LogP contribution in [0, 0.1) is 11.8 Å². The van der Waals surface area contributed by atoms with Crippen LogP contribution >= 0.6 is 33.9 Å². The Morgan fingerprint density at radius 2 is 2.00 bits per heavy atom. The van der Waals surface area contributed by atoms with Gasteiger partial charge in [-0.3, -0.25) is 9.88 Å². The largest absolute Gasteiger partial charge is 0.384 e. The van der Waals surface area contributed by atoms with E-state index < -0.39 is 5.60 Å². The highest BCUT2D eigenvalue weighted by Crippen LogP contribution is 2.52. The Kier molecular flexibility index (Phi) is 3.17. The van der Waals surface area contributed by atoms with E-state index in [1.807, 2.05) is 11.7 Å². The van der Waals surface area contributed by atoms with E-state index in [0.29, 0.717) is 6.04 Å². The number of fused-ring (bicyclic) bond motifs is 1. The molecule has 3 atom stereocenters. The fourth-order valence-electron chi connectivity index (χ4n) is 3.92. The first-order valence-electron chi connectivity index (χ1n) is 7.17. The maximum absolute atomic E-state index is 10.7. The van der Waals surface area contributed by atoms with Crippen molar-refractivity contribution in [3.05, 3.63) is 16.6 Å². The third-order valence-electron chi connectivity index (χ3n) is 5.31. The number of likely N-dealkylation sites (tertiary alicyclic amines) is 1. The van der Waals surface area contributed by atoms with Gasteiger partial charge in [-0.1, -0.05) is 22.6 Å². The summed E-state index contributed by atoms with van der Waals surface area (Å²) < 4.78 is 0.951. The van der Waals surface area contributed by atoms with Crippen LogP contribution in [-0.4, -0.2) is 38.0 Å². The molecule has 1 saturated heterocycles. The van der Waals surface area contributed by atoms with E-state index in [1.165, 1.54) is 13.1 Å². The van der Waals surface area contributed by atoms with Gasteiger partial charge in [0, 0.05) is 29.3 Å². The quantitative estimate of drug-likeness (QED) is 0.623. The molecule has 104 valence electrons. The number of aromatic nitrogens is 1. The van der Waals surface area contributed by atoms with E-state index >= 15 is 0 Å². The average molecular weight is 390 g/mol. The summed E-state index contributed by atoms with van der Waals surface area (Å²) in [4.78, 5) is 7.86. The molecule has 0 radical (unpaired) electrons. The summed E-state index contributed by atoms with van der Waals surface area (Å²) in [6.07, 6.45) is 5.93. The van der Waals surface area contributed by atoms with Crippen LogP contribution < -0.4 is 0 Å². The molecule has 1 aromatic rings. The highest BCUT2D eigenvalue weighted by molar-refractivity contribution is 14.1. The summed E-state index contributed by atoms with van der Waals surface area (Å²) in [5, 5.41) is 10.7. The van der Waals surface area contributed by atoms with Gasteiger partial charge in [-0.05, 0) is 37.5 Å². The Balaban J connectivity index is 1.38. The lowest BCUT2D eigenvalue weighted by Crippen LogP contribution is -2.42. The van der Waals surface area contributed by atoms with Gasteiger partial charge in [-0.2, -0.15) is 0 Å².